The van der Waals surface area contributed by atoms with Gasteiger partial charge in [-0.15, -0.1) is 0 Å². The molecule has 0 bridgehead atoms. The molecule has 0 fully saturated rings. The summed E-state index contributed by atoms with van der Waals surface area (Å²) in [5.41, 5.74) is -0.576. The number of hydrogen-bond donors (Lipinski definition) is 4. The number of rotatable bonds is 14. The molecule has 4 N–H and O–H groups in total. The minimum atomic E-state index is -4.35. The number of nitrogens with one attached hydrogen (secondary N) is 3. The molecule has 3 rings (SSSR count). The number of sulfone groups is 1. The number of ether oxygens (including phenoxy) is 1. The number of methoxy groups -OCH3 is 1. The van der Waals surface area contributed by atoms with E-state index in [0.717, 1.165) is 10.6 Å². The molecule has 43 heavy (non-hydrogen) atoms. The van der Waals surface area contributed by atoms with E-state index in [1.807, 2.05) is 13.8 Å². The Morgan fingerprint density at radius 1 is 1.09 bits per heavy atom. The van der Waals surface area contributed by atoms with Gasteiger partial charge in [0.15, 0.2) is 9.84 Å². The topological polar surface area (TPSA) is 188 Å². The maximum absolute atomic E-state index is 14.2. The van der Waals surface area contributed by atoms with Crippen molar-refractivity contribution in [2.24, 2.45) is 5.92 Å². The van der Waals surface area contributed by atoms with Crippen LogP contribution in [0.5, 0.6) is 0 Å². The average molecular weight is 638 g/mol. The number of imidazole rings is 1. The number of benzene rings is 2. The number of nitrogens with zero attached hydrogens (tertiary/aromatic N) is 2. The third-order valence-electron chi connectivity index (χ3n) is 6.82. The van der Waals surface area contributed by atoms with Gasteiger partial charge in [-0.25, -0.2) is 26.6 Å². The molecule has 0 saturated carbocycles. The number of anilines is 1. The molecule has 2 unspecified atom stereocenters. The van der Waals surface area contributed by atoms with E-state index in [0.29, 0.717) is 11.1 Å². The molecule has 0 radical (unpaired) electrons. The Kier molecular flexibility index (Phi) is 10.9. The summed E-state index contributed by atoms with van der Waals surface area (Å²) < 4.78 is 57.6. The maximum Gasteiger partial charge on any atom is 0.413 e. The van der Waals surface area contributed by atoms with E-state index in [4.69, 9.17) is 0 Å². The third-order valence-corrected chi connectivity index (χ3v) is 10.4. The van der Waals surface area contributed by atoms with Gasteiger partial charge in [-0.3, -0.25) is 10.1 Å². The number of aromatic nitrogens is 2. The van der Waals surface area contributed by atoms with Crippen LogP contribution in [0.4, 0.5) is 10.7 Å². The van der Waals surface area contributed by atoms with Crippen molar-refractivity contribution in [2.75, 3.05) is 31.8 Å². The molecule has 1 heterocycles. The molecule has 1 aromatic heterocycles. The first-order valence-corrected chi connectivity index (χ1v) is 17.0. The highest BCUT2D eigenvalue weighted by atomic mass is 32.2. The summed E-state index contributed by atoms with van der Waals surface area (Å²) in [6.07, 6.45) is -0.216. The fourth-order valence-electron chi connectivity index (χ4n) is 4.41. The van der Waals surface area contributed by atoms with Gasteiger partial charge in [0.05, 0.1) is 28.3 Å². The van der Waals surface area contributed by atoms with Gasteiger partial charge in [0.2, 0.25) is 21.9 Å². The first kappa shape index (κ1) is 34.0. The Bertz CT molecular complexity index is 1640. The summed E-state index contributed by atoms with van der Waals surface area (Å²) >= 11 is 0. The summed E-state index contributed by atoms with van der Waals surface area (Å²) in [7, 11) is -6.57. The van der Waals surface area contributed by atoms with Crippen molar-refractivity contribution in [3.8, 4) is 0 Å². The molecule has 0 aliphatic heterocycles. The zero-order valence-corrected chi connectivity index (χ0v) is 26.5. The van der Waals surface area contributed by atoms with E-state index >= 15 is 0 Å². The molecule has 13 nitrogen and oxygen atoms in total. The van der Waals surface area contributed by atoms with Gasteiger partial charge >= 0.3 is 6.09 Å². The largest absolute Gasteiger partial charge is 0.453 e. The molecule has 2 amide bonds. The van der Waals surface area contributed by atoms with Crippen LogP contribution in [0.3, 0.4) is 0 Å². The first-order valence-electron chi connectivity index (χ1n) is 13.6. The number of amides is 2. The maximum atomic E-state index is 14.2. The van der Waals surface area contributed by atoms with Crippen molar-refractivity contribution < 1.29 is 36.3 Å². The second-order valence-corrected chi connectivity index (χ2v) is 15.2. The zero-order valence-electron chi connectivity index (χ0n) is 24.8. The molecule has 0 saturated heterocycles. The molecular formula is C28H39N5O8S2. The lowest BCUT2D eigenvalue weighted by atomic mass is 9.98. The van der Waals surface area contributed by atoms with Crippen LogP contribution in [-0.2, 0) is 35.8 Å². The van der Waals surface area contributed by atoms with Gasteiger partial charge in [0, 0.05) is 38.6 Å². The van der Waals surface area contributed by atoms with Crippen LogP contribution in [0.15, 0.2) is 53.4 Å². The normalized spacial score (nSPS) is 14.4. The van der Waals surface area contributed by atoms with Crippen LogP contribution >= 0.6 is 0 Å². The van der Waals surface area contributed by atoms with Crippen molar-refractivity contribution in [3.63, 3.8) is 0 Å². The number of H-pyrrole nitrogens is 1. The highest BCUT2D eigenvalue weighted by molar-refractivity contribution is 7.91. The van der Waals surface area contributed by atoms with E-state index in [1.54, 1.807) is 30.3 Å². The van der Waals surface area contributed by atoms with Gasteiger partial charge in [-0.1, -0.05) is 44.2 Å². The van der Waals surface area contributed by atoms with Gasteiger partial charge in [0.1, 0.15) is 5.72 Å². The second kappa shape index (κ2) is 13.8. The molecule has 3 aromatic rings. The van der Waals surface area contributed by atoms with Crippen LogP contribution < -0.4 is 10.6 Å². The second-order valence-electron chi connectivity index (χ2n) is 10.9. The standard InChI is InChI=1S/C28H39N5O8S2/c1-19(2)18-33(43(39,40)22-11-12-23-24(16-22)31-26(30-23)32-27(35)41-4)28(36,17-21-9-7-6-8-10-21)13-14-29-25(34)15-20(3)42(5,37)38/h6-12,16,19-20,36H,13-15,17-18H2,1-5H3,(H,29,34)(H2,30,31,32,35). The first-order chi connectivity index (χ1) is 20.0. The molecular weight excluding hydrogens is 598 g/mol. The molecule has 15 heteroatoms. The monoisotopic (exact) mass is 637 g/mol. The van der Waals surface area contributed by atoms with Crippen LogP contribution in [0.2, 0.25) is 0 Å². The number of carbonyl (C=O) groups is 2. The van der Waals surface area contributed by atoms with Gasteiger partial charge < -0.3 is 20.1 Å². The minimum Gasteiger partial charge on any atom is -0.453 e. The molecule has 0 aliphatic carbocycles. The van der Waals surface area contributed by atoms with Crippen LogP contribution in [-0.4, -0.2) is 85.6 Å². The van der Waals surface area contributed by atoms with Crippen LogP contribution in [0.25, 0.3) is 11.0 Å². The lowest BCUT2D eigenvalue weighted by Gasteiger charge is -2.40. The summed E-state index contributed by atoms with van der Waals surface area (Å²) in [4.78, 5) is 31.0. The van der Waals surface area contributed by atoms with E-state index < -0.39 is 42.8 Å². The van der Waals surface area contributed by atoms with Gasteiger partial charge in [-0.05, 0) is 36.6 Å². The minimum absolute atomic E-state index is 0.0432. The number of fused-ring (bicyclic) bond motifs is 1. The lowest BCUT2D eigenvalue weighted by Crippen LogP contribution is -2.55. The highest BCUT2D eigenvalue weighted by Crippen LogP contribution is 2.31. The lowest BCUT2D eigenvalue weighted by molar-refractivity contribution is -0.121. The van der Waals surface area contributed by atoms with Crippen LogP contribution in [0.1, 0.15) is 39.2 Å². The fourth-order valence-corrected chi connectivity index (χ4v) is 6.72. The van der Waals surface area contributed by atoms with Crippen LogP contribution in [0, 0.1) is 5.92 Å². The zero-order chi connectivity index (χ0) is 32.0. The van der Waals surface area contributed by atoms with Crippen molar-refractivity contribution in [1.82, 2.24) is 19.6 Å². The van der Waals surface area contributed by atoms with Gasteiger partial charge in [-0.2, -0.15) is 4.31 Å². The molecule has 0 spiro atoms. The van der Waals surface area contributed by atoms with E-state index in [9.17, 15) is 31.5 Å². The number of aliphatic hydroxyl groups is 1. The Hall–Kier alpha value is -3.53. The van der Waals surface area contributed by atoms with Crippen molar-refractivity contribution in [2.45, 2.75) is 55.9 Å². The number of sulfonamides is 1. The van der Waals surface area contributed by atoms with Gasteiger partial charge in [0.25, 0.3) is 0 Å². The smallest absolute Gasteiger partial charge is 0.413 e. The SMILES string of the molecule is COC(=O)Nc1nc2cc(S(=O)(=O)N(CC(C)C)C(O)(CCNC(=O)CC(C)S(C)(=O)=O)Cc3ccccc3)ccc2[nH]1. The highest BCUT2D eigenvalue weighted by Gasteiger charge is 2.43. The summed E-state index contributed by atoms with van der Waals surface area (Å²) in [5.74, 6) is -0.650. The molecule has 236 valence electrons. The number of aromatic amines is 1. The summed E-state index contributed by atoms with van der Waals surface area (Å²) in [6.45, 7) is 4.92. The average Bonchev–Trinajstić information content (AvgIpc) is 3.33. The third kappa shape index (κ3) is 8.98. The molecule has 2 aromatic carbocycles. The Labute approximate surface area is 252 Å². The van der Waals surface area contributed by atoms with E-state index in [2.05, 4.69) is 25.3 Å². The predicted molar refractivity (Wildman–Crippen MR) is 162 cm³/mol. The van der Waals surface area contributed by atoms with E-state index in [1.165, 1.54) is 32.2 Å². The molecule has 0 aliphatic rings. The quantitative estimate of drug-likeness (QED) is 0.193. The predicted octanol–water partition coefficient (Wildman–Crippen LogP) is 2.65. The Morgan fingerprint density at radius 3 is 2.37 bits per heavy atom. The Balaban J connectivity index is 1.98. The fraction of sp³-hybridized carbons (Fsp3) is 0.464. The Morgan fingerprint density at radius 2 is 1.77 bits per heavy atom. The summed E-state index contributed by atoms with van der Waals surface area (Å²) in [5, 5.41) is 16.3. The van der Waals surface area contributed by atoms with Crippen molar-refractivity contribution >= 4 is 48.8 Å². The molecule has 2 atom stereocenters. The van der Waals surface area contributed by atoms with E-state index in [-0.39, 0.29) is 54.6 Å². The van der Waals surface area contributed by atoms with Crippen molar-refractivity contribution in [3.05, 3.63) is 54.1 Å². The number of carbonyl (C=O) groups excluding carboxylic acids is 2. The van der Waals surface area contributed by atoms with Crippen molar-refractivity contribution in [1.29, 1.82) is 0 Å². The summed E-state index contributed by atoms with van der Waals surface area (Å²) in [6, 6.07) is 13.1. The number of hydrogen-bond acceptors (Lipinski definition) is 9.